The zero-order valence-corrected chi connectivity index (χ0v) is 16.7. The maximum Gasteiger partial charge on any atom is 0.0548 e. The van der Waals surface area contributed by atoms with Crippen LogP contribution in [-0.4, -0.2) is 0 Å². The molecule has 4 aromatic carbocycles. The van der Waals surface area contributed by atoms with Crippen LogP contribution in [-0.2, 0) is 0 Å². The molecule has 0 radical (unpaired) electrons. The number of benzene rings is 4. The highest BCUT2D eigenvalue weighted by molar-refractivity contribution is 7.36. The molecule has 0 spiro atoms. The topological polar surface area (TPSA) is 0 Å². The van der Waals surface area contributed by atoms with Crippen molar-refractivity contribution in [2.75, 3.05) is 0 Å². The van der Waals surface area contributed by atoms with Crippen molar-refractivity contribution in [2.45, 2.75) is 0 Å². The van der Waals surface area contributed by atoms with E-state index in [9.17, 15) is 0 Å². The lowest BCUT2D eigenvalue weighted by Crippen LogP contribution is -1.77. The van der Waals surface area contributed by atoms with E-state index in [-0.39, 0.29) is 0 Å². The predicted molar refractivity (Wildman–Crippen MR) is 126 cm³/mol. The van der Waals surface area contributed by atoms with E-state index in [1.54, 1.807) is 0 Å². The van der Waals surface area contributed by atoms with Crippen LogP contribution >= 0.6 is 22.7 Å². The highest BCUT2D eigenvalue weighted by atomic mass is 32.1. The molecule has 0 saturated heterocycles. The van der Waals surface area contributed by atoms with Gasteiger partial charge in [0.2, 0.25) is 0 Å². The lowest BCUT2D eigenvalue weighted by molar-refractivity contribution is 1.67. The number of fused-ring (bicyclic) bond motifs is 5. The SMILES string of the molecule is c1ccc(-c2cccc3sc4c(sc5cccc(-c6ccccc6)c54)c23)cc1. The fourth-order valence-corrected chi connectivity index (χ4v) is 6.83. The van der Waals surface area contributed by atoms with E-state index in [4.69, 9.17) is 0 Å². The van der Waals surface area contributed by atoms with Crippen LogP contribution in [0.25, 0.3) is 51.8 Å². The second-order valence-corrected chi connectivity index (χ2v) is 9.06. The summed E-state index contributed by atoms with van der Waals surface area (Å²) < 4.78 is 5.57. The van der Waals surface area contributed by atoms with Crippen LogP contribution < -0.4 is 0 Å². The Labute approximate surface area is 171 Å². The van der Waals surface area contributed by atoms with Gasteiger partial charge in [0, 0.05) is 20.2 Å². The van der Waals surface area contributed by atoms with Crippen molar-refractivity contribution in [3.8, 4) is 22.3 Å². The zero-order chi connectivity index (χ0) is 18.5. The van der Waals surface area contributed by atoms with E-state index in [1.807, 2.05) is 22.7 Å². The second kappa shape index (κ2) is 6.30. The summed E-state index contributed by atoms with van der Waals surface area (Å²) in [7, 11) is 0. The summed E-state index contributed by atoms with van der Waals surface area (Å²) in [6.07, 6.45) is 0. The van der Waals surface area contributed by atoms with Crippen LogP contribution in [0.5, 0.6) is 0 Å². The molecule has 0 saturated carbocycles. The lowest BCUT2D eigenvalue weighted by atomic mass is 10.0. The van der Waals surface area contributed by atoms with Gasteiger partial charge < -0.3 is 0 Å². The highest BCUT2D eigenvalue weighted by Crippen LogP contribution is 2.49. The van der Waals surface area contributed by atoms with Crippen molar-refractivity contribution in [2.24, 2.45) is 0 Å². The Morgan fingerprint density at radius 2 is 0.821 bits per heavy atom. The third-order valence-corrected chi connectivity index (χ3v) is 7.78. The number of hydrogen-bond acceptors (Lipinski definition) is 2. The van der Waals surface area contributed by atoms with E-state index in [0.717, 1.165) is 0 Å². The lowest BCUT2D eigenvalue weighted by Gasteiger charge is -2.04. The van der Waals surface area contributed by atoms with Crippen molar-refractivity contribution in [3.05, 3.63) is 97.1 Å². The summed E-state index contributed by atoms with van der Waals surface area (Å²) >= 11 is 3.85. The van der Waals surface area contributed by atoms with Gasteiger partial charge in [-0.15, -0.1) is 22.7 Å². The van der Waals surface area contributed by atoms with Gasteiger partial charge >= 0.3 is 0 Å². The Balaban J connectivity index is 1.74. The first-order chi connectivity index (χ1) is 13.9. The van der Waals surface area contributed by atoms with Crippen LogP contribution in [0.3, 0.4) is 0 Å². The Kier molecular flexibility index (Phi) is 3.61. The van der Waals surface area contributed by atoms with Gasteiger partial charge in [-0.05, 0) is 34.4 Å². The molecule has 0 fully saturated rings. The van der Waals surface area contributed by atoms with Crippen molar-refractivity contribution in [1.29, 1.82) is 0 Å². The van der Waals surface area contributed by atoms with Crippen molar-refractivity contribution < 1.29 is 0 Å². The summed E-state index contributed by atoms with van der Waals surface area (Å²) in [6, 6.07) is 34.9. The molecular weight excluding hydrogens is 376 g/mol. The average molecular weight is 393 g/mol. The summed E-state index contributed by atoms with van der Waals surface area (Å²) in [4.78, 5) is 0. The molecule has 2 heteroatoms. The van der Waals surface area contributed by atoms with Gasteiger partial charge in [0.05, 0.1) is 9.40 Å². The molecule has 2 heterocycles. The maximum absolute atomic E-state index is 2.26. The standard InChI is InChI=1S/C26H16S2/c1-3-9-17(10-4-1)19-13-7-15-21-23(19)25-26(27-21)24-20(14-8-16-22(24)28-25)18-11-5-2-6-12-18/h1-16H. The zero-order valence-electron chi connectivity index (χ0n) is 15.1. The minimum Gasteiger partial charge on any atom is -0.134 e. The van der Waals surface area contributed by atoms with E-state index in [0.29, 0.717) is 0 Å². The minimum atomic E-state index is 1.29. The molecule has 0 aliphatic heterocycles. The van der Waals surface area contributed by atoms with Gasteiger partial charge in [0.15, 0.2) is 0 Å². The minimum absolute atomic E-state index is 1.29. The molecule has 0 amide bonds. The highest BCUT2D eigenvalue weighted by Gasteiger charge is 2.17. The van der Waals surface area contributed by atoms with Gasteiger partial charge in [0.1, 0.15) is 0 Å². The molecular formula is C26H16S2. The quantitative estimate of drug-likeness (QED) is 0.277. The molecule has 0 nitrogen and oxygen atoms in total. The van der Waals surface area contributed by atoms with Gasteiger partial charge in [0.25, 0.3) is 0 Å². The first-order valence-corrected chi connectivity index (χ1v) is 11.0. The van der Waals surface area contributed by atoms with E-state index < -0.39 is 0 Å². The average Bonchev–Trinajstić information content (AvgIpc) is 3.30. The van der Waals surface area contributed by atoms with Crippen molar-refractivity contribution in [3.63, 3.8) is 0 Å². The van der Waals surface area contributed by atoms with Gasteiger partial charge in [-0.1, -0.05) is 84.9 Å². The molecule has 2 aromatic heterocycles. The van der Waals surface area contributed by atoms with Crippen LogP contribution in [0.2, 0.25) is 0 Å². The summed E-state index contributed by atoms with van der Waals surface area (Å²) in [6.45, 7) is 0. The van der Waals surface area contributed by atoms with Crippen molar-refractivity contribution >= 4 is 52.2 Å². The third kappa shape index (κ3) is 2.35. The van der Waals surface area contributed by atoms with Crippen molar-refractivity contribution in [1.82, 2.24) is 0 Å². The molecule has 0 aliphatic carbocycles. The Morgan fingerprint density at radius 1 is 0.393 bits per heavy atom. The molecule has 28 heavy (non-hydrogen) atoms. The van der Waals surface area contributed by atoms with Gasteiger partial charge in [-0.3, -0.25) is 0 Å². The molecule has 0 unspecified atom stereocenters. The van der Waals surface area contributed by atoms with E-state index >= 15 is 0 Å². The third-order valence-electron chi connectivity index (χ3n) is 5.31. The molecule has 6 aromatic rings. The summed E-state index contributed by atoms with van der Waals surface area (Å²) in [5.74, 6) is 0. The number of hydrogen-bond donors (Lipinski definition) is 0. The fraction of sp³-hybridized carbons (Fsp3) is 0. The van der Waals surface area contributed by atoms with Crippen LogP contribution in [0.4, 0.5) is 0 Å². The Hall–Kier alpha value is -2.94. The normalized spacial score (nSPS) is 11.6. The first-order valence-electron chi connectivity index (χ1n) is 9.38. The smallest absolute Gasteiger partial charge is 0.0548 e. The van der Waals surface area contributed by atoms with E-state index in [2.05, 4.69) is 97.1 Å². The second-order valence-electron chi connectivity index (χ2n) is 6.95. The number of thiophene rings is 2. The van der Waals surface area contributed by atoms with Gasteiger partial charge in [-0.25, -0.2) is 0 Å². The molecule has 0 aliphatic rings. The fourth-order valence-electron chi connectivity index (χ4n) is 4.06. The van der Waals surface area contributed by atoms with Crippen LogP contribution in [0.1, 0.15) is 0 Å². The monoisotopic (exact) mass is 392 g/mol. The predicted octanol–water partition coefficient (Wildman–Crippen LogP) is 8.60. The maximum atomic E-state index is 2.26. The van der Waals surface area contributed by atoms with Gasteiger partial charge in [-0.2, -0.15) is 0 Å². The van der Waals surface area contributed by atoms with Crippen LogP contribution in [0, 0.1) is 0 Å². The number of rotatable bonds is 2. The first kappa shape index (κ1) is 16.1. The summed E-state index contributed by atoms with van der Waals surface area (Å²) in [5.41, 5.74) is 5.23. The van der Waals surface area contributed by atoms with E-state index in [1.165, 1.54) is 51.8 Å². The Bertz CT molecular complexity index is 1320. The molecule has 0 bridgehead atoms. The summed E-state index contributed by atoms with van der Waals surface area (Å²) in [5, 5.41) is 2.79. The van der Waals surface area contributed by atoms with Crippen LogP contribution in [0.15, 0.2) is 97.1 Å². The molecule has 6 rings (SSSR count). The molecule has 132 valence electrons. The Morgan fingerprint density at radius 3 is 1.25 bits per heavy atom. The molecule has 0 atom stereocenters. The largest absolute Gasteiger partial charge is 0.134 e. The molecule has 0 N–H and O–H groups in total.